The molecular formula is C20H25BrN2O3S. The van der Waals surface area contributed by atoms with Gasteiger partial charge in [0.05, 0.1) is 11.6 Å². The molecular weight excluding hydrogens is 428 g/mol. The standard InChI is InChI=1S/C20H25BrN2O3S/c1-12-13-8-15(21)17(25-5)9-16(13)26-10-14(12)18(22-4)19(24)23-6-7-27-11-20(23,2)3/h8-9H,6-7,10-11H2,1-5H3. The Hall–Kier alpha value is -1.47. The highest BCUT2D eigenvalue weighted by atomic mass is 79.9. The maximum absolute atomic E-state index is 13.3. The van der Waals surface area contributed by atoms with E-state index in [-0.39, 0.29) is 11.4 Å². The number of aliphatic imine (C=N–C) groups is 1. The number of rotatable bonds is 3. The fraction of sp³-hybridized carbons (Fsp3) is 0.500. The number of methoxy groups -OCH3 is 1. The van der Waals surface area contributed by atoms with Crippen LogP contribution < -0.4 is 9.47 Å². The number of allylic oxidation sites excluding steroid dienone is 1. The number of hydrogen-bond donors (Lipinski definition) is 0. The van der Waals surface area contributed by atoms with E-state index < -0.39 is 0 Å². The summed E-state index contributed by atoms with van der Waals surface area (Å²) in [6.07, 6.45) is 0. The van der Waals surface area contributed by atoms with Crippen molar-refractivity contribution in [3.8, 4) is 11.5 Å². The number of carbonyl (C=O) groups excluding carboxylic acids is 1. The number of fused-ring (bicyclic) bond motifs is 1. The van der Waals surface area contributed by atoms with E-state index in [0.717, 1.165) is 50.7 Å². The van der Waals surface area contributed by atoms with Crippen LogP contribution in [0.5, 0.6) is 11.5 Å². The van der Waals surface area contributed by atoms with Crippen LogP contribution in [-0.4, -0.2) is 60.9 Å². The lowest BCUT2D eigenvalue weighted by Crippen LogP contribution is -2.55. The molecule has 2 aliphatic heterocycles. The average Bonchev–Trinajstić information content (AvgIpc) is 2.63. The molecule has 2 aliphatic rings. The zero-order valence-electron chi connectivity index (χ0n) is 16.4. The summed E-state index contributed by atoms with van der Waals surface area (Å²) in [7, 11) is 3.31. The minimum absolute atomic E-state index is 0.0169. The topological polar surface area (TPSA) is 51.1 Å². The fourth-order valence-corrected chi connectivity index (χ4v) is 5.11. The van der Waals surface area contributed by atoms with Crippen molar-refractivity contribution in [2.45, 2.75) is 26.3 Å². The molecule has 1 amide bonds. The van der Waals surface area contributed by atoms with E-state index in [9.17, 15) is 4.79 Å². The van der Waals surface area contributed by atoms with Crippen molar-refractivity contribution in [2.24, 2.45) is 4.99 Å². The van der Waals surface area contributed by atoms with Gasteiger partial charge < -0.3 is 14.4 Å². The predicted molar refractivity (Wildman–Crippen MR) is 115 cm³/mol. The lowest BCUT2D eigenvalue weighted by atomic mass is 9.93. The summed E-state index contributed by atoms with van der Waals surface area (Å²) in [5.41, 5.74) is 3.11. The van der Waals surface area contributed by atoms with Gasteiger partial charge in [-0.1, -0.05) is 0 Å². The second-order valence-corrected chi connectivity index (χ2v) is 9.23. The van der Waals surface area contributed by atoms with E-state index in [1.54, 1.807) is 14.2 Å². The maximum atomic E-state index is 13.3. The van der Waals surface area contributed by atoms with Crippen LogP contribution in [0, 0.1) is 0 Å². The molecule has 7 heteroatoms. The highest BCUT2D eigenvalue weighted by Crippen LogP contribution is 2.40. The Morgan fingerprint density at radius 1 is 1.41 bits per heavy atom. The molecule has 5 nitrogen and oxygen atoms in total. The first-order chi connectivity index (χ1) is 12.8. The highest BCUT2D eigenvalue weighted by molar-refractivity contribution is 9.10. The van der Waals surface area contributed by atoms with Crippen molar-refractivity contribution in [3.05, 3.63) is 27.7 Å². The van der Waals surface area contributed by atoms with Gasteiger partial charge in [-0.25, -0.2) is 0 Å². The Bertz CT molecular complexity index is 833. The van der Waals surface area contributed by atoms with Crippen molar-refractivity contribution in [2.75, 3.05) is 38.8 Å². The lowest BCUT2D eigenvalue weighted by Gasteiger charge is -2.42. The number of halogens is 1. The SMILES string of the molecule is CN=C(C(=O)N1CCSCC1(C)C)C1=C(C)c2cc(Br)c(OC)cc2OC1. The van der Waals surface area contributed by atoms with Crippen LogP contribution in [0.25, 0.3) is 5.57 Å². The molecule has 0 unspecified atom stereocenters. The second-order valence-electron chi connectivity index (χ2n) is 7.27. The molecule has 0 aromatic heterocycles. The summed E-state index contributed by atoms with van der Waals surface area (Å²) in [4.78, 5) is 19.7. The number of carbonyl (C=O) groups is 1. The monoisotopic (exact) mass is 452 g/mol. The minimum atomic E-state index is -0.186. The van der Waals surface area contributed by atoms with Gasteiger partial charge in [0.15, 0.2) is 0 Å². The molecule has 1 aromatic carbocycles. The molecule has 1 fully saturated rings. The van der Waals surface area contributed by atoms with Crippen molar-refractivity contribution < 1.29 is 14.3 Å². The highest BCUT2D eigenvalue weighted by Gasteiger charge is 2.37. The summed E-state index contributed by atoms with van der Waals surface area (Å²) >= 11 is 5.42. The van der Waals surface area contributed by atoms with Crippen molar-refractivity contribution in [3.63, 3.8) is 0 Å². The Balaban J connectivity index is 2.00. The first-order valence-electron chi connectivity index (χ1n) is 8.87. The zero-order chi connectivity index (χ0) is 19.8. The van der Waals surface area contributed by atoms with Gasteiger partial charge in [-0.15, -0.1) is 0 Å². The van der Waals surface area contributed by atoms with Crippen molar-refractivity contribution in [1.82, 2.24) is 4.90 Å². The molecule has 0 saturated carbocycles. The van der Waals surface area contributed by atoms with Gasteiger partial charge in [0.1, 0.15) is 23.8 Å². The van der Waals surface area contributed by atoms with E-state index in [4.69, 9.17) is 9.47 Å². The summed E-state index contributed by atoms with van der Waals surface area (Å²) in [6.45, 7) is 7.31. The number of nitrogens with zero attached hydrogens (tertiary/aromatic N) is 2. The summed E-state index contributed by atoms with van der Waals surface area (Å²) in [6, 6.07) is 3.84. The molecule has 27 heavy (non-hydrogen) atoms. The van der Waals surface area contributed by atoms with Gasteiger partial charge in [0.2, 0.25) is 0 Å². The van der Waals surface area contributed by atoms with Gasteiger partial charge in [-0.05, 0) is 48.3 Å². The van der Waals surface area contributed by atoms with Crippen LogP contribution in [0.3, 0.4) is 0 Å². The van der Waals surface area contributed by atoms with E-state index in [1.807, 2.05) is 35.7 Å². The van der Waals surface area contributed by atoms with Crippen LogP contribution in [0.4, 0.5) is 0 Å². The summed E-state index contributed by atoms with van der Waals surface area (Å²) in [5.74, 6) is 3.35. The molecule has 0 atom stereocenters. The molecule has 0 spiro atoms. The second kappa shape index (κ2) is 7.87. The Kier molecular flexibility index (Phi) is 5.91. The third-order valence-corrected chi connectivity index (χ3v) is 7.09. The van der Waals surface area contributed by atoms with E-state index >= 15 is 0 Å². The van der Waals surface area contributed by atoms with Crippen molar-refractivity contribution >= 4 is 44.9 Å². The van der Waals surface area contributed by atoms with Gasteiger partial charge in [0.25, 0.3) is 5.91 Å². The Morgan fingerprint density at radius 3 is 2.78 bits per heavy atom. The lowest BCUT2D eigenvalue weighted by molar-refractivity contribution is -0.128. The number of ether oxygens (including phenoxy) is 2. The smallest absolute Gasteiger partial charge is 0.272 e. The van der Waals surface area contributed by atoms with E-state index in [2.05, 4.69) is 34.8 Å². The average molecular weight is 453 g/mol. The first-order valence-corrected chi connectivity index (χ1v) is 10.8. The largest absolute Gasteiger partial charge is 0.495 e. The van der Waals surface area contributed by atoms with Gasteiger partial charge in [-0.3, -0.25) is 9.79 Å². The normalized spacial score (nSPS) is 19.5. The number of thioether (sulfide) groups is 1. The minimum Gasteiger partial charge on any atom is -0.495 e. The molecule has 0 bridgehead atoms. The fourth-order valence-electron chi connectivity index (χ4n) is 3.49. The number of benzene rings is 1. The first kappa shape index (κ1) is 20.3. The molecule has 2 heterocycles. The molecule has 1 saturated heterocycles. The third kappa shape index (κ3) is 3.76. The molecule has 0 radical (unpaired) electrons. The van der Waals surface area contributed by atoms with Gasteiger partial charge >= 0.3 is 0 Å². The van der Waals surface area contributed by atoms with Gasteiger partial charge in [-0.2, -0.15) is 11.8 Å². The Morgan fingerprint density at radius 2 is 2.15 bits per heavy atom. The number of hydrogen-bond acceptors (Lipinski definition) is 5. The summed E-state index contributed by atoms with van der Waals surface area (Å²) < 4.78 is 12.2. The van der Waals surface area contributed by atoms with E-state index in [1.165, 1.54) is 0 Å². The maximum Gasteiger partial charge on any atom is 0.272 e. The zero-order valence-corrected chi connectivity index (χ0v) is 18.8. The van der Waals surface area contributed by atoms with Crippen molar-refractivity contribution in [1.29, 1.82) is 0 Å². The van der Waals surface area contributed by atoms with E-state index in [0.29, 0.717) is 12.3 Å². The van der Waals surface area contributed by atoms with Crippen LogP contribution in [-0.2, 0) is 4.79 Å². The Labute approximate surface area is 173 Å². The third-order valence-electron chi connectivity index (χ3n) is 5.09. The summed E-state index contributed by atoms with van der Waals surface area (Å²) in [5, 5.41) is 0. The predicted octanol–water partition coefficient (Wildman–Crippen LogP) is 4.05. The van der Waals surface area contributed by atoms with Crippen LogP contribution in [0.15, 0.2) is 27.2 Å². The van der Waals surface area contributed by atoms with Crippen LogP contribution in [0.1, 0.15) is 26.3 Å². The van der Waals surface area contributed by atoms with Gasteiger partial charge in [0, 0.05) is 47.8 Å². The molecule has 1 aromatic rings. The molecule has 146 valence electrons. The van der Waals surface area contributed by atoms with Crippen LogP contribution in [0.2, 0.25) is 0 Å². The molecule has 3 rings (SSSR count). The molecule has 0 aliphatic carbocycles. The molecule has 0 N–H and O–H groups in total. The quantitative estimate of drug-likeness (QED) is 0.649. The van der Waals surface area contributed by atoms with Crippen LogP contribution >= 0.6 is 27.7 Å². The number of amides is 1.